The quantitative estimate of drug-likeness (QED) is 0.839. The third kappa shape index (κ3) is 3.51. The molecule has 7 heteroatoms. The van der Waals surface area contributed by atoms with E-state index in [1.54, 1.807) is 11.1 Å². The molecule has 0 saturated carbocycles. The summed E-state index contributed by atoms with van der Waals surface area (Å²) in [5.41, 5.74) is 1.47. The van der Waals surface area contributed by atoms with Gasteiger partial charge in [0.15, 0.2) is 0 Å². The van der Waals surface area contributed by atoms with E-state index in [0.29, 0.717) is 5.69 Å². The Balaban J connectivity index is 1.41. The number of nitrogens with zero attached hydrogens (tertiary/aromatic N) is 6. The van der Waals surface area contributed by atoms with Gasteiger partial charge in [-0.05, 0) is 18.4 Å². The Morgan fingerprint density at radius 2 is 1.93 bits per heavy atom. The van der Waals surface area contributed by atoms with Gasteiger partial charge in [-0.2, -0.15) is 10.4 Å². The number of anilines is 1. The Morgan fingerprint density at radius 1 is 1.15 bits per heavy atom. The molecule has 0 aliphatic carbocycles. The van der Waals surface area contributed by atoms with Crippen LogP contribution in [0.5, 0.6) is 0 Å². The predicted molar refractivity (Wildman–Crippen MR) is 101 cm³/mol. The van der Waals surface area contributed by atoms with Crippen LogP contribution in [0.3, 0.4) is 0 Å². The van der Waals surface area contributed by atoms with Gasteiger partial charge in [-0.25, -0.2) is 15.0 Å². The van der Waals surface area contributed by atoms with Gasteiger partial charge in [-0.3, -0.25) is 4.79 Å². The lowest BCUT2D eigenvalue weighted by Crippen LogP contribution is -2.41. The molecule has 136 valence electrons. The van der Waals surface area contributed by atoms with Crippen LogP contribution in [0, 0.1) is 17.2 Å². The normalized spacial score (nSPS) is 19.9. The van der Waals surface area contributed by atoms with E-state index in [4.69, 9.17) is 5.26 Å². The minimum absolute atomic E-state index is 0.00298. The number of benzene rings is 1. The zero-order chi connectivity index (χ0) is 18.6. The highest BCUT2D eigenvalue weighted by atomic mass is 16.2. The molecule has 0 bridgehead atoms. The molecular formula is C20H20N6O. The maximum absolute atomic E-state index is 13.1. The fourth-order valence-electron chi connectivity index (χ4n) is 3.70. The van der Waals surface area contributed by atoms with Crippen LogP contribution in [0.2, 0.25) is 0 Å². The predicted octanol–water partition coefficient (Wildman–Crippen LogP) is 2.52. The SMILES string of the molecule is N#Cc1cc(N2CCC(C(=O)N3N=CC[C@H]3c3ccccc3)CC2)ncn1. The average molecular weight is 360 g/mol. The molecule has 1 amide bonds. The lowest BCUT2D eigenvalue weighted by molar-refractivity contribution is -0.138. The largest absolute Gasteiger partial charge is 0.356 e. The third-order valence-electron chi connectivity index (χ3n) is 5.18. The van der Waals surface area contributed by atoms with E-state index < -0.39 is 0 Å². The molecule has 27 heavy (non-hydrogen) atoms. The number of nitriles is 1. The van der Waals surface area contributed by atoms with Crippen molar-refractivity contribution in [1.29, 1.82) is 5.26 Å². The number of aromatic nitrogens is 2. The Kier molecular flexibility index (Phi) is 4.79. The maximum Gasteiger partial charge on any atom is 0.246 e. The summed E-state index contributed by atoms with van der Waals surface area (Å²) in [6, 6.07) is 13.8. The molecule has 4 rings (SSSR count). The standard InChI is InChI=1S/C20H20N6O/c21-13-17-12-19(23-14-22-17)25-10-7-16(8-11-25)20(27)26-18(6-9-24-26)15-4-2-1-3-5-15/h1-5,9,12,14,16,18H,6-8,10-11H2/t18-/m0/s1. The number of rotatable bonds is 3. The van der Waals surface area contributed by atoms with Gasteiger partial charge >= 0.3 is 0 Å². The lowest BCUT2D eigenvalue weighted by atomic mass is 9.94. The summed E-state index contributed by atoms with van der Waals surface area (Å²) in [4.78, 5) is 23.3. The molecule has 2 aliphatic heterocycles. The van der Waals surface area contributed by atoms with E-state index in [-0.39, 0.29) is 17.9 Å². The molecule has 0 unspecified atom stereocenters. The van der Waals surface area contributed by atoms with Crippen molar-refractivity contribution >= 4 is 17.9 Å². The average Bonchev–Trinajstić information content (AvgIpc) is 3.24. The van der Waals surface area contributed by atoms with Crippen LogP contribution in [0.15, 0.2) is 47.8 Å². The van der Waals surface area contributed by atoms with E-state index in [1.165, 1.54) is 6.33 Å². The molecule has 1 saturated heterocycles. The molecule has 0 radical (unpaired) electrons. The summed E-state index contributed by atoms with van der Waals surface area (Å²) in [6.07, 6.45) is 5.49. The van der Waals surface area contributed by atoms with Crippen molar-refractivity contribution in [2.45, 2.75) is 25.3 Å². The number of amides is 1. The molecule has 0 spiro atoms. The summed E-state index contributed by atoms with van der Waals surface area (Å²) < 4.78 is 0. The second-order valence-electron chi connectivity index (χ2n) is 6.78. The number of carbonyl (C=O) groups excluding carboxylic acids is 1. The lowest BCUT2D eigenvalue weighted by Gasteiger charge is -2.34. The van der Waals surface area contributed by atoms with Gasteiger partial charge in [-0.15, -0.1) is 0 Å². The number of hydrogen-bond acceptors (Lipinski definition) is 6. The van der Waals surface area contributed by atoms with E-state index in [2.05, 4.69) is 20.0 Å². The highest BCUT2D eigenvalue weighted by Crippen LogP contribution is 2.32. The molecule has 1 fully saturated rings. The molecule has 3 heterocycles. The first kappa shape index (κ1) is 17.2. The first-order chi connectivity index (χ1) is 13.3. The maximum atomic E-state index is 13.1. The minimum atomic E-state index is -0.0417. The van der Waals surface area contributed by atoms with E-state index in [0.717, 1.165) is 43.7 Å². The van der Waals surface area contributed by atoms with E-state index >= 15 is 0 Å². The van der Waals surface area contributed by atoms with E-state index in [1.807, 2.05) is 42.6 Å². The van der Waals surface area contributed by atoms with Crippen LogP contribution in [-0.2, 0) is 4.79 Å². The summed E-state index contributed by atoms with van der Waals surface area (Å²) in [7, 11) is 0. The van der Waals surface area contributed by atoms with Crippen LogP contribution >= 0.6 is 0 Å². The third-order valence-corrected chi connectivity index (χ3v) is 5.18. The van der Waals surface area contributed by atoms with Crippen molar-refractivity contribution in [3.8, 4) is 6.07 Å². The molecule has 1 aromatic heterocycles. The van der Waals surface area contributed by atoms with E-state index in [9.17, 15) is 4.79 Å². The molecule has 2 aliphatic rings. The highest BCUT2D eigenvalue weighted by molar-refractivity contribution is 5.82. The fourth-order valence-corrected chi connectivity index (χ4v) is 3.70. The molecule has 7 nitrogen and oxygen atoms in total. The molecule has 0 N–H and O–H groups in total. The fraction of sp³-hybridized carbons (Fsp3) is 0.350. The van der Waals surface area contributed by atoms with Gasteiger partial charge in [0.25, 0.3) is 0 Å². The first-order valence-corrected chi connectivity index (χ1v) is 9.14. The van der Waals surface area contributed by atoms with Gasteiger partial charge in [0.1, 0.15) is 23.9 Å². The Labute approximate surface area is 158 Å². The van der Waals surface area contributed by atoms with Gasteiger partial charge in [0.05, 0.1) is 6.04 Å². The van der Waals surface area contributed by atoms with Gasteiger partial charge in [-0.1, -0.05) is 30.3 Å². The zero-order valence-corrected chi connectivity index (χ0v) is 14.9. The smallest absolute Gasteiger partial charge is 0.246 e. The first-order valence-electron chi connectivity index (χ1n) is 9.14. The second kappa shape index (κ2) is 7.54. The van der Waals surface area contributed by atoms with Crippen LogP contribution in [0.25, 0.3) is 0 Å². The van der Waals surface area contributed by atoms with Crippen LogP contribution < -0.4 is 4.90 Å². The Bertz CT molecular complexity index is 883. The number of carbonyl (C=O) groups is 1. The molecule has 1 atom stereocenters. The Hall–Kier alpha value is -3.27. The molecular weight excluding hydrogens is 340 g/mol. The number of hydrogen-bond donors (Lipinski definition) is 0. The number of piperidine rings is 1. The topological polar surface area (TPSA) is 85.5 Å². The summed E-state index contributed by atoms with van der Waals surface area (Å²) in [6.45, 7) is 1.46. The van der Waals surface area contributed by atoms with Crippen molar-refractivity contribution in [3.63, 3.8) is 0 Å². The summed E-state index contributed by atoms with van der Waals surface area (Å²) >= 11 is 0. The highest BCUT2D eigenvalue weighted by Gasteiger charge is 2.34. The molecule has 2 aromatic rings. The Morgan fingerprint density at radius 3 is 2.67 bits per heavy atom. The van der Waals surface area contributed by atoms with Crippen molar-refractivity contribution < 1.29 is 4.79 Å². The van der Waals surface area contributed by atoms with Crippen molar-refractivity contribution in [3.05, 3.63) is 54.0 Å². The van der Waals surface area contributed by atoms with Crippen molar-refractivity contribution in [2.75, 3.05) is 18.0 Å². The second-order valence-corrected chi connectivity index (χ2v) is 6.78. The van der Waals surface area contributed by atoms with Crippen molar-refractivity contribution in [1.82, 2.24) is 15.0 Å². The van der Waals surface area contributed by atoms with Crippen LogP contribution in [-0.4, -0.2) is 40.2 Å². The van der Waals surface area contributed by atoms with Crippen LogP contribution in [0.1, 0.15) is 36.6 Å². The minimum Gasteiger partial charge on any atom is -0.356 e. The summed E-state index contributed by atoms with van der Waals surface area (Å²) in [5.74, 6) is 0.798. The van der Waals surface area contributed by atoms with Crippen LogP contribution in [0.4, 0.5) is 5.82 Å². The number of hydrazone groups is 1. The van der Waals surface area contributed by atoms with Crippen molar-refractivity contribution in [2.24, 2.45) is 11.0 Å². The van der Waals surface area contributed by atoms with Gasteiger partial charge < -0.3 is 4.90 Å². The van der Waals surface area contributed by atoms with Gasteiger partial charge in [0, 0.05) is 37.7 Å². The van der Waals surface area contributed by atoms with Gasteiger partial charge in [0.2, 0.25) is 5.91 Å². The zero-order valence-electron chi connectivity index (χ0n) is 14.9. The molecule has 1 aromatic carbocycles. The monoisotopic (exact) mass is 360 g/mol. The summed E-state index contributed by atoms with van der Waals surface area (Å²) in [5, 5.41) is 15.0.